The van der Waals surface area contributed by atoms with Crippen LogP contribution in [0.15, 0.2) is 34.2 Å². The Hall–Kier alpha value is -1.01. The van der Waals surface area contributed by atoms with E-state index in [1.54, 1.807) is 18.9 Å². The van der Waals surface area contributed by atoms with Crippen molar-refractivity contribution in [2.45, 2.75) is 23.4 Å². The van der Waals surface area contributed by atoms with Gasteiger partial charge in [0.2, 0.25) is 0 Å². The van der Waals surface area contributed by atoms with Crippen LogP contribution >= 0.6 is 23.4 Å². The Bertz CT molecular complexity index is 601. The molecular formula is C15H20ClN3OS. The number of rotatable bonds is 7. The molecule has 2 rings (SSSR count). The van der Waals surface area contributed by atoms with Crippen molar-refractivity contribution in [3.8, 4) is 0 Å². The standard InChI is InChI=1S/C15H20ClN3OS/c1-11-9-15(19(2)18-11)21-14-6-4-5-13(16)12(14)10-17-7-8-20-3/h4-6,9,17H,7-8,10H2,1-3H3. The van der Waals surface area contributed by atoms with Crippen LogP contribution in [0.25, 0.3) is 0 Å². The van der Waals surface area contributed by atoms with Gasteiger partial charge >= 0.3 is 0 Å². The van der Waals surface area contributed by atoms with Gasteiger partial charge in [0.25, 0.3) is 0 Å². The number of hydrogen-bond acceptors (Lipinski definition) is 4. The molecule has 0 radical (unpaired) electrons. The van der Waals surface area contributed by atoms with Gasteiger partial charge in [0, 0.05) is 37.2 Å². The molecule has 0 fully saturated rings. The third-order valence-electron chi connectivity index (χ3n) is 3.03. The average molecular weight is 326 g/mol. The summed E-state index contributed by atoms with van der Waals surface area (Å²) in [7, 11) is 3.65. The maximum absolute atomic E-state index is 6.35. The fourth-order valence-corrected chi connectivity index (χ4v) is 3.37. The molecule has 0 saturated heterocycles. The van der Waals surface area contributed by atoms with Gasteiger partial charge in [-0.25, -0.2) is 0 Å². The first-order chi connectivity index (χ1) is 10.1. The zero-order valence-corrected chi connectivity index (χ0v) is 14.1. The highest BCUT2D eigenvalue weighted by atomic mass is 35.5. The molecule has 0 aliphatic carbocycles. The van der Waals surface area contributed by atoms with Crippen LogP contribution in [0.2, 0.25) is 5.02 Å². The van der Waals surface area contributed by atoms with Crippen molar-refractivity contribution in [3.63, 3.8) is 0 Å². The molecule has 0 aliphatic rings. The zero-order valence-electron chi connectivity index (χ0n) is 12.5. The van der Waals surface area contributed by atoms with Crippen molar-refractivity contribution in [2.75, 3.05) is 20.3 Å². The van der Waals surface area contributed by atoms with E-state index in [0.29, 0.717) is 6.61 Å². The average Bonchev–Trinajstić information content (AvgIpc) is 2.75. The molecule has 21 heavy (non-hydrogen) atoms. The number of nitrogens with one attached hydrogen (secondary N) is 1. The minimum Gasteiger partial charge on any atom is -0.383 e. The first-order valence-corrected chi connectivity index (χ1v) is 7.97. The number of aryl methyl sites for hydroxylation is 2. The highest BCUT2D eigenvalue weighted by Gasteiger charge is 2.11. The molecule has 1 aromatic heterocycles. The maximum atomic E-state index is 6.35. The van der Waals surface area contributed by atoms with Crippen molar-refractivity contribution in [1.29, 1.82) is 0 Å². The van der Waals surface area contributed by atoms with Crippen LogP contribution in [0.3, 0.4) is 0 Å². The van der Waals surface area contributed by atoms with E-state index in [1.165, 1.54) is 0 Å². The molecule has 0 spiro atoms. The minimum atomic E-state index is 0.688. The number of nitrogens with zero attached hydrogens (tertiary/aromatic N) is 2. The Morgan fingerprint density at radius 1 is 1.43 bits per heavy atom. The molecule has 1 heterocycles. The molecule has 0 saturated carbocycles. The predicted molar refractivity (Wildman–Crippen MR) is 87.1 cm³/mol. The lowest BCUT2D eigenvalue weighted by Crippen LogP contribution is -2.19. The molecular weight excluding hydrogens is 306 g/mol. The highest BCUT2D eigenvalue weighted by molar-refractivity contribution is 7.99. The number of hydrogen-bond donors (Lipinski definition) is 1. The maximum Gasteiger partial charge on any atom is 0.0987 e. The molecule has 0 bridgehead atoms. The molecule has 2 aromatic rings. The number of methoxy groups -OCH3 is 1. The highest BCUT2D eigenvalue weighted by Crippen LogP contribution is 2.33. The summed E-state index contributed by atoms with van der Waals surface area (Å²) < 4.78 is 6.93. The number of ether oxygens (including phenoxy) is 1. The summed E-state index contributed by atoms with van der Waals surface area (Å²) in [5.41, 5.74) is 2.13. The van der Waals surface area contributed by atoms with Gasteiger partial charge in [-0.3, -0.25) is 4.68 Å². The second kappa shape index (κ2) is 7.84. The van der Waals surface area contributed by atoms with E-state index >= 15 is 0 Å². The lowest BCUT2D eigenvalue weighted by molar-refractivity contribution is 0.199. The third-order valence-corrected chi connectivity index (χ3v) is 4.58. The number of halogens is 1. The molecule has 1 aromatic carbocycles. The van der Waals surface area contributed by atoms with Gasteiger partial charge in [0.1, 0.15) is 0 Å². The molecule has 6 heteroatoms. The van der Waals surface area contributed by atoms with E-state index in [4.69, 9.17) is 16.3 Å². The Balaban J connectivity index is 2.15. The summed E-state index contributed by atoms with van der Waals surface area (Å²) in [5.74, 6) is 0. The lowest BCUT2D eigenvalue weighted by atomic mass is 10.2. The normalized spacial score (nSPS) is 11.0. The summed E-state index contributed by atoms with van der Waals surface area (Å²) in [6, 6.07) is 8.07. The van der Waals surface area contributed by atoms with Gasteiger partial charge in [-0.15, -0.1) is 0 Å². The first-order valence-electron chi connectivity index (χ1n) is 6.77. The van der Waals surface area contributed by atoms with E-state index in [9.17, 15) is 0 Å². The molecule has 114 valence electrons. The van der Waals surface area contributed by atoms with Crippen molar-refractivity contribution in [1.82, 2.24) is 15.1 Å². The van der Waals surface area contributed by atoms with Gasteiger partial charge < -0.3 is 10.1 Å². The van der Waals surface area contributed by atoms with E-state index < -0.39 is 0 Å². The summed E-state index contributed by atoms with van der Waals surface area (Å²) >= 11 is 8.03. The summed E-state index contributed by atoms with van der Waals surface area (Å²) in [6.45, 7) is 4.21. The third kappa shape index (κ3) is 4.48. The first kappa shape index (κ1) is 16.4. The Morgan fingerprint density at radius 2 is 2.24 bits per heavy atom. The van der Waals surface area contributed by atoms with E-state index in [2.05, 4.69) is 22.5 Å². The van der Waals surface area contributed by atoms with Crippen molar-refractivity contribution in [3.05, 3.63) is 40.5 Å². The fourth-order valence-electron chi connectivity index (χ4n) is 1.99. The van der Waals surface area contributed by atoms with Gasteiger partial charge in [-0.2, -0.15) is 5.10 Å². The van der Waals surface area contributed by atoms with E-state index in [-0.39, 0.29) is 0 Å². The summed E-state index contributed by atoms with van der Waals surface area (Å²) in [5, 5.41) is 9.61. The van der Waals surface area contributed by atoms with Crippen LogP contribution in [0.5, 0.6) is 0 Å². The second-order valence-electron chi connectivity index (χ2n) is 4.74. The van der Waals surface area contributed by atoms with Crippen LogP contribution in [0, 0.1) is 6.92 Å². The second-order valence-corrected chi connectivity index (χ2v) is 6.21. The smallest absolute Gasteiger partial charge is 0.0987 e. The van der Waals surface area contributed by atoms with Crippen molar-refractivity contribution in [2.24, 2.45) is 7.05 Å². The lowest BCUT2D eigenvalue weighted by Gasteiger charge is -2.12. The van der Waals surface area contributed by atoms with Crippen LogP contribution in [0.4, 0.5) is 0 Å². The summed E-state index contributed by atoms with van der Waals surface area (Å²) in [6.07, 6.45) is 0. The molecule has 4 nitrogen and oxygen atoms in total. The van der Waals surface area contributed by atoms with Gasteiger partial charge in [-0.1, -0.05) is 29.4 Å². The largest absolute Gasteiger partial charge is 0.383 e. The molecule has 0 aliphatic heterocycles. The SMILES string of the molecule is COCCNCc1c(Cl)cccc1Sc1cc(C)nn1C. The monoisotopic (exact) mass is 325 g/mol. The van der Waals surface area contributed by atoms with Crippen LogP contribution < -0.4 is 5.32 Å². The van der Waals surface area contributed by atoms with Crippen molar-refractivity contribution < 1.29 is 4.74 Å². The Morgan fingerprint density at radius 3 is 2.90 bits per heavy atom. The molecule has 0 atom stereocenters. The zero-order chi connectivity index (χ0) is 15.2. The molecule has 0 amide bonds. The Labute approximate surface area is 134 Å². The predicted octanol–water partition coefficient (Wildman–Crippen LogP) is 3.27. The topological polar surface area (TPSA) is 39.1 Å². The minimum absolute atomic E-state index is 0.688. The van der Waals surface area contributed by atoms with Gasteiger partial charge in [-0.05, 0) is 30.7 Å². The van der Waals surface area contributed by atoms with E-state index in [1.807, 2.05) is 30.8 Å². The quantitative estimate of drug-likeness (QED) is 0.793. The molecule has 0 unspecified atom stereocenters. The van der Waals surface area contributed by atoms with Crippen molar-refractivity contribution >= 4 is 23.4 Å². The number of benzene rings is 1. The van der Waals surface area contributed by atoms with Gasteiger partial charge in [0.15, 0.2) is 0 Å². The fraction of sp³-hybridized carbons (Fsp3) is 0.400. The van der Waals surface area contributed by atoms with E-state index in [0.717, 1.165) is 39.3 Å². The van der Waals surface area contributed by atoms with Crippen LogP contribution in [-0.4, -0.2) is 30.0 Å². The Kier molecular flexibility index (Phi) is 6.11. The number of aromatic nitrogens is 2. The van der Waals surface area contributed by atoms with Crippen LogP contribution in [-0.2, 0) is 18.3 Å². The van der Waals surface area contributed by atoms with Gasteiger partial charge in [0.05, 0.1) is 17.3 Å². The summed E-state index contributed by atoms with van der Waals surface area (Å²) in [4.78, 5) is 1.15. The molecule has 1 N–H and O–H groups in total. The van der Waals surface area contributed by atoms with Crippen LogP contribution in [0.1, 0.15) is 11.3 Å².